The third-order valence-corrected chi connectivity index (χ3v) is 6.22. The average Bonchev–Trinajstić information content (AvgIpc) is 2.92. The van der Waals surface area contributed by atoms with Crippen LogP contribution in [0.5, 0.6) is 0 Å². The van der Waals surface area contributed by atoms with Crippen molar-refractivity contribution in [2.45, 2.75) is 36.6 Å². The fourth-order valence-electron chi connectivity index (χ4n) is 2.50. The molecule has 1 heterocycles. The van der Waals surface area contributed by atoms with Crippen LogP contribution in [0.3, 0.4) is 0 Å². The summed E-state index contributed by atoms with van der Waals surface area (Å²) < 4.78 is 27.4. The smallest absolute Gasteiger partial charge is 0.246 e. The normalized spacial score (nSPS) is 17.0. The predicted octanol–water partition coefficient (Wildman–Crippen LogP) is 2.42. The second-order valence-electron chi connectivity index (χ2n) is 4.72. The van der Waals surface area contributed by atoms with Crippen LogP contribution >= 0.6 is 27.5 Å². The van der Waals surface area contributed by atoms with E-state index in [0.29, 0.717) is 4.47 Å². The molecule has 1 fully saturated rings. The van der Waals surface area contributed by atoms with E-state index in [1.54, 1.807) is 0 Å². The Labute approximate surface area is 132 Å². The molecule has 0 amide bonds. The monoisotopic (exact) mass is 382 g/mol. The minimum atomic E-state index is -3.75. The second kappa shape index (κ2) is 6.70. The Hall–Kier alpha value is -0.210. The fraction of sp³-hybridized carbons (Fsp3) is 0.583. The topological polar surface area (TPSA) is 70.5 Å². The number of hydrogen-bond acceptors (Lipinski definition) is 4. The number of halogens is 2. The lowest BCUT2D eigenvalue weighted by atomic mass is 10.2. The molecule has 1 aromatic rings. The Kier molecular flexibility index (Phi) is 5.42. The standard InChI is InChI=1S/C12H16BrClN2O3S/c13-9-7-11(12(14)15-8-9)20(18,19)16(5-6-17)10-3-1-2-4-10/h7-8,10,17H,1-6H2. The molecule has 0 unspecified atom stereocenters. The van der Waals surface area contributed by atoms with Crippen LogP contribution in [0, 0.1) is 0 Å². The van der Waals surface area contributed by atoms with Crippen LogP contribution in [0.2, 0.25) is 5.15 Å². The fourth-order valence-corrected chi connectivity index (χ4v) is 5.10. The molecule has 0 atom stereocenters. The molecule has 0 aliphatic heterocycles. The van der Waals surface area contributed by atoms with Gasteiger partial charge in [-0.05, 0) is 34.8 Å². The van der Waals surface area contributed by atoms with Crippen LogP contribution in [0.25, 0.3) is 0 Å². The molecule has 5 nitrogen and oxygen atoms in total. The first-order chi connectivity index (χ1) is 9.46. The van der Waals surface area contributed by atoms with Crippen molar-refractivity contribution in [2.24, 2.45) is 0 Å². The number of aliphatic hydroxyl groups excluding tert-OH is 1. The Balaban J connectivity index is 2.41. The zero-order chi connectivity index (χ0) is 14.8. The summed E-state index contributed by atoms with van der Waals surface area (Å²) in [6, 6.07) is 1.38. The Morgan fingerprint density at radius 2 is 2.10 bits per heavy atom. The lowest BCUT2D eigenvalue weighted by Crippen LogP contribution is -2.40. The van der Waals surface area contributed by atoms with Crippen LogP contribution in [0.1, 0.15) is 25.7 Å². The number of nitrogens with zero attached hydrogens (tertiary/aromatic N) is 2. The quantitative estimate of drug-likeness (QED) is 0.793. The lowest BCUT2D eigenvalue weighted by molar-refractivity contribution is 0.226. The van der Waals surface area contributed by atoms with Crippen molar-refractivity contribution < 1.29 is 13.5 Å². The Bertz CT molecular complexity index is 576. The zero-order valence-corrected chi connectivity index (χ0v) is 14.0. The number of hydrogen-bond donors (Lipinski definition) is 1. The maximum Gasteiger partial charge on any atom is 0.246 e. The van der Waals surface area contributed by atoms with E-state index >= 15 is 0 Å². The highest BCUT2D eigenvalue weighted by Crippen LogP contribution is 2.31. The van der Waals surface area contributed by atoms with E-state index in [4.69, 9.17) is 16.7 Å². The highest BCUT2D eigenvalue weighted by Gasteiger charge is 2.34. The largest absolute Gasteiger partial charge is 0.395 e. The van der Waals surface area contributed by atoms with Gasteiger partial charge in [0.15, 0.2) is 0 Å². The van der Waals surface area contributed by atoms with Crippen LogP contribution in [0.15, 0.2) is 21.6 Å². The van der Waals surface area contributed by atoms with Crippen molar-refractivity contribution in [3.8, 4) is 0 Å². The molecule has 8 heteroatoms. The van der Waals surface area contributed by atoms with Gasteiger partial charge >= 0.3 is 0 Å². The lowest BCUT2D eigenvalue weighted by Gasteiger charge is -2.27. The molecule has 0 saturated heterocycles. The summed E-state index contributed by atoms with van der Waals surface area (Å²) in [6.45, 7) is -0.134. The first-order valence-corrected chi connectivity index (χ1v) is 9.01. The summed E-state index contributed by atoms with van der Waals surface area (Å²) in [7, 11) is -3.75. The van der Waals surface area contributed by atoms with Gasteiger partial charge < -0.3 is 5.11 Å². The summed E-state index contributed by atoms with van der Waals surface area (Å²) in [6.07, 6.45) is 5.10. The summed E-state index contributed by atoms with van der Waals surface area (Å²) in [5.74, 6) is 0. The Morgan fingerprint density at radius 1 is 1.45 bits per heavy atom. The molecule has 112 valence electrons. The van der Waals surface area contributed by atoms with E-state index in [1.807, 2.05) is 0 Å². The highest BCUT2D eigenvalue weighted by molar-refractivity contribution is 9.10. The molecular formula is C12H16BrClN2O3S. The summed E-state index contributed by atoms with van der Waals surface area (Å²) in [5.41, 5.74) is 0. The summed E-state index contributed by atoms with van der Waals surface area (Å²) >= 11 is 9.14. The van der Waals surface area contributed by atoms with Gasteiger partial charge in [0.1, 0.15) is 10.0 Å². The molecule has 1 saturated carbocycles. The van der Waals surface area contributed by atoms with Crippen LogP contribution in [-0.4, -0.2) is 42.0 Å². The van der Waals surface area contributed by atoms with Gasteiger partial charge in [-0.1, -0.05) is 24.4 Å². The van der Waals surface area contributed by atoms with E-state index < -0.39 is 10.0 Å². The van der Waals surface area contributed by atoms with Crippen molar-refractivity contribution >= 4 is 37.6 Å². The minimum Gasteiger partial charge on any atom is -0.395 e. The second-order valence-corrected chi connectivity index (χ2v) is 7.85. The maximum absolute atomic E-state index is 12.8. The third-order valence-electron chi connectivity index (χ3n) is 3.41. The molecule has 1 aliphatic carbocycles. The van der Waals surface area contributed by atoms with E-state index in [-0.39, 0.29) is 29.2 Å². The van der Waals surface area contributed by atoms with Crippen molar-refractivity contribution in [3.63, 3.8) is 0 Å². The molecule has 1 aliphatic rings. The summed E-state index contributed by atoms with van der Waals surface area (Å²) in [5, 5.41) is 9.12. The average molecular weight is 384 g/mol. The first kappa shape index (κ1) is 16.2. The molecule has 0 spiro atoms. The highest BCUT2D eigenvalue weighted by atomic mass is 79.9. The molecule has 1 aromatic heterocycles. The van der Waals surface area contributed by atoms with E-state index in [2.05, 4.69) is 20.9 Å². The van der Waals surface area contributed by atoms with Crippen molar-refractivity contribution in [1.82, 2.24) is 9.29 Å². The van der Waals surface area contributed by atoms with Gasteiger partial charge in [0.05, 0.1) is 6.61 Å². The molecule has 1 N–H and O–H groups in total. The van der Waals surface area contributed by atoms with Crippen molar-refractivity contribution in [3.05, 3.63) is 21.9 Å². The molecular weight excluding hydrogens is 368 g/mol. The van der Waals surface area contributed by atoms with E-state index in [9.17, 15) is 8.42 Å². The van der Waals surface area contributed by atoms with Gasteiger partial charge in [-0.2, -0.15) is 4.31 Å². The first-order valence-electron chi connectivity index (χ1n) is 6.40. The number of sulfonamides is 1. The van der Waals surface area contributed by atoms with Crippen LogP contribution in [0.4, 0.5) is 0 Å². The Morgan fingerprint density at radius 3 is 2.70 bits per heavy atom. The van der Waals surface area contributed by atoms with Gasteiger partial charge in [0.25, 0.3) is 0 Å². The molecule has 2 rings (SSSR count). The van der Waals surface area contributed by atoms with Gasteiger partial charge in [-0.3, -0.25) is 0 Å². The molecule has 0 aromatic carbocycles. The van der Waals surface area contributed by atoms with Gasteiger partial charge in [0.2, 0.25) is 10.0 Å². The molecule has 0 radical (unpaired) electrons. The predicted molar refractivity (Wildman–Crippen MR) is 80.2 cm³/mol. The number of pyridine rings is 1. The number of rotatable bonds is 5. The van der Waals surface area contributed by atoms with E-state index in [0.717, 1.165) is 25.7 Å². The van der Waals surface area contributed by atoms with Gasteiger partial charge in [-0.25, -0.2) is 13.4 Å². The minimum absolute atomic E-state index is 0.0195. The van der Waals surface area contributed by atoms with Crippen LogP contribution < -0.4 is 0 Å². The van der Waals surface area contributed by atoms with E-state index in [1.165, 1.54) is 16.6 Å². The zero-order valence-electron chi connectivity index (χ0n) is 10.8. The third kappa shape index (κ3) is 3.33. The molecule has 0 bridgehead atoms. The maximum atomic E-state index is 12.8. The van der Waals surface area contributed by atoms with Gasteiger partial charge in [0, 0.05) is 23.3 Å². The van der Waals surface area contributed by atoms with Crippen molar-refractivity contribution in [1.29, 1.82) is 0 Å². The number of aromatic nitrogens is 1. The SMILES string of the molecule is O=S(=O)(c1cc(Br)cnc1Cl)N(CCO)C1CCCC1. The van der Waals surface area contributed by atoms with Gasteiger partial charge in [-0.15, -0.1) is 0 Å². The summed E-state index contributed by atoms with van der Waals surface area (Å²) in [4.78, 5) is 3.84. The van der Waals surface area contributed by atoms with Crippen LogP contribution in [-0.2, 0) is 10.0 Å². The number of aliphatic hydroxyl groups is 1. The molecule has 20 heavy (non-hydrogen) atoms. The van der Waals surface area contributed by atoms with Crippen molar-refractivity contribution in [2.75, 3.05) is 13.2 Å².